The molecule has 0 amide bonds. The molecule has 0 atom stereocenters. The molecule has 3 aromatic carbocycles. The predicted octanol–water partition coefficient (Wildman–Crippen LogP) is 6.34. The number of hydrogen-bond donors (Lipinski definition) is 3. The van der Waals surface area contributed by atoms with Crippen LogP contribution in [0.2, 0.25) is 0 Å². The minimum absolute atomic E-state index is 0.0119. The van der Waals surface area contributed by atoms with Gasteiger partial charge in [0.05, 0.1) is 27.1 Å². The molecule has 0 saturated carbocycles. The number of ketones is 1. The number of carbonyl (C=O) groups excluding carboxylic acids is 1. The van der Waals surface area contributed by atoms with Gasteiger partial charge in [-0.2, -0.15) is 0 Å². The van der Waals surface area contributed by atoms with Crippen LogP contribution in [0.4, 0.5) is 24.7 Å². The largest absolute Gasteiger partial charge is 0.365 e. The van der Waals surface area contributed by atoms with Gasteiger partial charge in [-0.15, -0.1) is 0 Å². The van der Waals surface area contributed by atoms with Gasteiger partial charge in [-0.25, -0.2) is 23.1 Å². The van der Waals surface area contributed by atoms with Crippen LogP contribution in [0.15, 0.2) is 84.1 Å². The maximum Gasteiger partial charge on any atom is 0.201 e. The van der Waals surface area contributed by atoms with E-state index in [-0.39, 0.29) is 16.1 Å². The molecule has 5 rings (SSSR count). The number of nitrogens with one attached hydrogen (secondary N) is 3. The molecule has 2 heterocycles. The Labute approximate surface area is 208 Å². The second kappa shape index (κ2) is 10.1. The monoisotopic (exact) mass is 505 g/mol. The number of hydrogen-bond acceptors (Lipinski definition) is 6. The number of benzene rings is 3. The lowest BCUT2D eigenvalue weighted by atomic mass is 10.0. The predicted molar refractivity (Wildman–Crippen MR) is 133 cm³/mol. The molecule has 0 aliphatic rings. The third-order valence-electron chi connectivity index (χ3n) is 5.44. The summed E-state index contributed by atoms with van der Waals surface area (Å²) in [4.78, 5) is 24.8. The van der Waals surface area contributed by atoms with Crippen LogP contribution in [0.1, 0.15) is 21.5 Å². The second-order valence-corrected chi connectivity index (χ2v) is 8.58. The standard InChI is InChI=1S/C26H18F3N5OS/c27-17-8-4-5-9-20(17)36-34-19-11-10-18(28)22(23(19)29)24(35)16-13-31-26-21(16)25(32-14-33-26)30-12-15-6-2-1-3-7-15/h1-11,13-14,34H,12H2,(H2,30,31,32,33). The van der Waals surface area contributed by atoms with Crippen LogP contribution in [0, 0.1) is 17.5 Å². The minimum atomic E-state index is -1.09. The smallest absolute Gasteiger partial charge is 0.201 e. The van der Waals surface area contributed by atoms with Crippen molar-refractivity contribution in [3.05, 3.63) is 113 Å². The molecule has 3 N–H and O–H groups in total. The van der Waals surface area contributed by atoms with Gasteiger partial charge in [0.1, 0.15) is 29.4 Å². The Morgan fingerprint density at radius 2 is 1.69 bits per heavy atom. The van der Waals surface area contributed by atoms with Crippen molar-refractivity contribution in [2.45, 2.75) is 11.4 Å². The third kappa shape index (κ3) is 4.63. The summed E-state index contributed by atoms with van der Waals surface area (Å²) < 4.78 is 46.7. The highest BCUT2D eigenvalue weighted by atomic mass is 32.2. The van der Waals surface area contributed by atoms with E-state index >= 15 is 4.39 Å². The summed E-state index contributed by atoms with van der Waals surface area (Å²) in [5, 5.41) is 3.48. The fraction of sp³-hybridized carbons (Fsp3) is 0.0385. The summed E-state index contributed by atoms with van der Waals surface area (Å²) in [5.41, 5.74) is 0.433. The number of rotatable bonds is 8. The maximum atomic E-state index is 15.4. The first kappa shape index (κ1) is 23.4. The Kier molecular flexibility index (Phi) is 6.59. The van der Waals surface area contributed by atoms with E-state index in [9.17, 15) is 13.6 Å². The van der Waals surface area contributed by atoms with Crippen LogP contribution in [-0.4, -0.2) is 20.7 Å². The van der Waals surface area contributed by atoms with Crippen molar-refractivity contribution in [3.8, 4) is 0 Å². The summed E-state index contributed by atoms with van der Waals surface area (Å²) in [6.07, 6.45) is 2.68. The van der Waals surface area contributed by atoms with Crippen LogP contribution in [0.5, 0.6) is 0 Å². The molecule has 0 aliphatic heterocycles. The lowest BCUT2D eigenvalue weighted by Crippen LogP contribution is -2.10. The van der Waals surface area contributed by atoms with Crippen molar-refractivity contribution < 1.29 is 18.0 Å². The van der Waals surface area contributed by atoms with E-state index in [0.717, 1.165) is 29.6 Å². The number of H-pyrrole nitrogens is 1. The number of anilines is 2. The van der Waals surface area contributed by atoms with Crippen molar-refractivity contribution in [1.82, 2.24) is 15.0 Å². The number of fused-ring (bicyclic) bond motifs is 1. The minimum Gasteiger partial charge on any atom is -0.365 e. The van der Waals surface area contributed by atoms with Gasteiger partial charge in [0.15, 0.2) is 5.82 Å². The molecule has 0 spiro atoms. The van der Waals surface area contributed by atoms with Gasteiger partial charge in [-0.05, 0) is 41.8 Å². The van der Waals surface area contributed by atoms with E-state index in [0.29, 0.717) is 23.4 Å². The molecule has 10 heteroatoms. The quantitative estimate of drug-likeness (QED) is 0.169. The Morgan fingerprint density at radius 3 is 2.50 bits per heavy atom. The Hall–Kier alpha value is -4.31. The van der Waals surface area contributed by atoms with Gasteiger partial charge in [0.2, 0.25) is 5.78 Å². The van der Waals surface area contributed by atoms with Crippen LogP contribution >= 0.6 is 11.9 Å². The van der Waals surface area contributed by atoms with Gasteiger partial charge >= 0.3 is 0 Å². The average Bonchev–Trinajstić information content (AvgIpc) is 3.33. The van der Waals surface area contributed by atoms with Crippen LogP contribution in [0.25, 0.3) is 11.0 Å². The maximum absolute atomic E-state index is 15.4. The SMILES string of the molecule is O=C(c1c(F)ccc(NSc2ccccc2F)c1F)c1c[nH]c2ncnc(NCc3ccccc3)c12. The van der Waals surface area contributed by atoms with Crippen molar-refractivity contribution >= 4 is 40.3 Å². The Morgan fingerprint density at radius 1 is 0.917 bits per heavy atom. The molecule has 5 aromatic rings. The van der Waals surface area contributed by atoms with E-state index in [1.165, 1.54) is 30.7 Å². The lowest BCUT2D eigenvalue weighted by molar-refractivity contribution is 0.103. The van der Waals surface area contributed by atoms with E-state index in [2.05, 4.69) is 25.0 Å². The van der Waals surface area contributed by atoms with Gasteiger partial charge in [0, 0.05) is 12.7 Å². The molecule has 0 saturated heterocycles. The summed E-state index contributed by atoms with van der Waals surface area (Å²) in [6.45, 7) is 0.418. The molecule has 0 radical (unpaired) electrons. The number of aromatic nitrogens is 3. The molecule has 0 bridgehead atoms. The topological polar surface area (TPSA) is 82.7 Å². The molecular weight excluding hydrogens is 487 g/mol. The van der Waals surface area contributed by atoms with E-state index in [4.69, 9.17) is 0 Å². The first-order valence-electron chi connectivity index (χ1n) is 10.8. The fourth-order valence-corrected chi connectivity index (χ4v) is 4.36. The van der Waals surface area contributed by atoms with Gasteiger partial charge in [-0.3, -0.25) is 4.79 Å². The summed E-state index contributed by atoms with van der Waals surface area (Å²) in [5.74, 6) is -3.15. The van der Waals surface area contributed by atoms with Crippen LogP contribution in [-0.2, 0) is 6.54 Å². The lowest BCUT2D eigenvalue weighted by Gasteiger charge is -2.12. The number of carbonyl (C=O) groups is 1. The molecule has 2 aromatic heterocycles. The van der Waals surface area contributed by atoms with Crippen molar-refractivity contribution in [1.29, 1.82) is 0 Å². The Balaban J connectivity index is 1.47. The highest BCUT2D eigenvalue weighted by Gasteiger charge is 2.26. The highest BCUT2D eigenvalue weighted by molar-refractivity contribution is 8.00. The third-order valence-corrected chi connectivity index (χ3v) is 6.32. The van der Waals surface area contributed by atoms with E-state index < -0.39 is 28.8 Å². The zero-order valence-corrected chi connectivity index (χ0v) is 19.4. The molecule has 0 fully saturated rings. The van der Waals surface area contributed by atoms with E-state index in [1.807, 2.05) is 30.3 Å². The van der Waals surface area contributed by atoms with Gasteiger partial charge < -0.3 is 15.0 Å². The van der Waals surface area contributed by atoms with Crippen molar-refractivity contribution in [2.24, 2.45) is 0 Å². The zero-order chi connectivity index (χ0) is 25.1. The number of nitrogens with zero attached hydrogens (tertiary/aromatic N) is 2. The van der Waals surface area contributed by atoms with Gasteiger partial charge in [0.25, 0.3) is 0 Å². The fourth-order valence-electron chi connectivity index (χ4n) is 3.67. The molecule has 36 heavy (non-hydrogen) atoms. The van der Waals surface area contributed by atoms with Crippen molar-refractivity contribution in [2.75, 3.05) is 10.0 Å². The number of halogens is 3. The summed E-state index contributed by atoms with van der Waals surface area (Å²) in [7, 11) is 0. The first-order chi connectivity index (χ1) is 17.5. The Bertz CT molecular complexity index is 1560. The van der Waals surface area contributed by atoms with Crippen LogP contribution in [0.3, 0.4) is 0 Å². The molecule has 180 valence electrons. The highest BCUT2D eigenvalue weighted by Crippen LogP contribution is 2.31. The second-order valence-electron chi connectivity index (χ2n) is 7.73. The molecule has 6 nitrogen and oxygen atoms in total. The van der Waals surface area contributed by atoms with Gasteiger partial charge in [-0.1, -0.05) is 42.5 Å². The molecular formula is C26H18F3N5OS. The zero-order valence-electron chi connectivity index (χ0n) is 18.6. The molecule has 0 unspecified atom stereocenters. The van der Waals surface area contributed by atoms with Crippen molar-refractivity contribution in [3.63, 3.8) is 0 Å². The normalized spacial score (nSPS) is 11.0. The summed E-state index contributed by atoms with van der Waals surface area (Å²) in [6, 6.07) is 17.6. The number of aromatic amines is 1. The average molecular weight is 506 g/mol. The first-order valence-corrected chi connectivity index (χ1v) is 11.6. The van der Waals surface area contributed by atoms with Crippen LogP contribution < -0.4 is 10.0 Å². The molecule has 0 aliphatic carbocycles. The van der Waals surface area contributed by atoms with E-state index in [1.54, 1.807) is 6.07 Å². The summed E-state index contributed by atoms with van der Waals surface area (Å²) >= 11 is 0.813.